The Hall–Kier alpha value is -1.32. The van der Waals surface area contributed by atoms with Crippen molar-refractivity contribution in [3.8, 4) is 0 Å². The van der Waals surface area contributed by atoms with E-state index in [1.807, 2.05) is 13.1 Å². The van der Waals surface area contributed by atoms with E-state index in [0.717, 1.165) is 11.0 Å². The molecule has 3 heteroatoms. The molecule has 0 aliphatic rings. The van der Waals surface area contributed by atoms with Crippen molar-refractivity contribution in [2.75, 3.05) is 19.0 Å². The zero-order chi connectivity index (χ0) is 14.5. The van der Waals surface area contributed by atoms with Crippen LogP contribution in [-0.2, 0) is 6.54 Å². The summed E-state index contributed by atoms with van der Waals surface area (Å²) < 4.78 is 1.16. The Bertz CT molecular complexity index is 568. The lowest BCUT2D eigenvalue weighted by molar-refractivity contribution is 0.649. The van der Waals surface area contributed by atoms with Crippen LogP contribution in [0.3, 0.4) is 0 Å². The van der Waals surface area contributed by atoms with Crippen molar-refractivity contribution >= 4 is 21.6 Å². The summed E-state index contributed by atoms with van der Waals surface area (Å²) in [6, 6.07) is 17.3. The van der Waals surface area contributed by atoms with Crippen molar-refractivity contribution in [2.45, 2.75) is 19.5 Å². The largest absolute Gasteiger partial charge is 0.370 e. The van der Waals surface area contributed by atoms with Gasteiger partial charge in [0, 0.05) is 29.8 Å². The van der Waals surface area contributed by atoms with Gasteiger partial charge in [-0.15, -0.1) is 0 Å². The molecule has 2 aromatic rings. The second kappa shape index (κ2) is 6.91. The average molecular weight is 333 g/mol. The summed E-state index contributed by atoms with van der Waals surface area (Å²) in [6.45, 7) is 3.07. The molecule has 0 aliphatic carbocycles. The summed E-state index contributed by atoms with van der Waals surface area (Å²) in [5.74, 6) is 0. The first-order valence-electron chi connectivity index (χ1n) is 6.84. The van der Waals surface area contributed by atoms with E-state index in [1.54, 1.807) is 0 Å². The topological polar surface area (TPSA) is 15.3 Å². The first-order chi connectivity index (χ1) is 9.63. The minimum Gasteiger partial charge on any atom is -0.370 e. The van der Waals surface area contributed by atoms with Gasteiger partial charge in [0.05, 0.1) is 0 Å². The Labute approximate surface area is 129 Å². The molecule has 1 N–H and O–H groups in total. The molecule has 0 spiro atoms. The Morgan fingerprint density at radius 3 is 2.45 bits per heavy atom. The van der Waals surface area contributed by atoms with Crippen molar-refractivity contribution in [2.24, 2.45) is 0 Å². The number of nitrogens with one attached hydrogen (secondary N) is 1. The van der Waals surface area contributed by atoms with Gasteiger partial charge in [-0.2, -0.15) is 0 Å². The fourth-order valence-corrected chi connectivity index (χ4v) is 2.73. The number of halogens is 1. The van der Waals surface area contributed by atoms with Gasteiger partial charge in [0.2, 0.25) is 0 Å². The fraction of sp³-hybridized carbons (Fsp3) is 0.294. The highest BCUT2D eigenvalue weighted by Gasteiger charge is 2.12. The quantitative estimate of drug-likeness (QED) is 0.874. The van der Waals surface area contributed by atoms with Crippen LogP contribution in [0.15, 0.2) is 53.0 Å². The zero-order valence-electron chi connectivity index (χ0n) is 12.2. The van der Waals surface area contributed by atoms with Gasteiger partial charge < -0.3 is 10.2 Å². The Kier molecular flexibility index (Phi) is 5.21. The van der Waals surface area contributed by atoms with Crippen LogP contribution >= 0.6 is 15.9 Å². The van der Waals surface area contributed by atoms with Gasteiger partial charge in [0.1, 0.15) is 0 Å². The van der Waals surface area contributed by atoms with E-state index >= 15 is 0 Å². The maximum absolute atomic E-state index is 3.62. The molecule has 1 unspecified atom stereocenters. The van der Waals surface area contributed by atoms with E-state index in [-0.39, 0.29) is 0 Å². The maximum atomic E-state index is 3.62. The number of nitrogens with zero attached hydrogens (tertiary/aromatic N) is 1. The fourth-order valence-electron chi connectivity index (χ4n) is 2.32. The molecule has 0 heterocycles. The molecule has 0 fully saturated rings. The van der Waals surface area contributed by atoms with Crippen LogP contribution in [0.4, 0.5) is 5.69 Å². The summed E-state index contributed by atoms with van der Waals surface area (Å²) in [4.78, 5) is 2.29. The van der Waals surface area contributed by atoms with E-state index in [4.69, 9.17) is 0 Å². The summed E-state index contributed by atoms with van der Waals surface area (Å²) in [5, 5.41) is 3.32. The molecule has 106 valence electrons. The summed E-state index contributed by atoms with van der Waals surface area (Å²) >= 11 is 3.62. The molecule has 2 aromatic carbocycles. The SMILES string of the molecule is CNC(C)c1ccccc1N(C)Cc1ccccc1Br. The van der Waals surface area contributed by atoms with Crippen molar-refractivity contribution < 1.29 is 0 Å². The normalized spacial score (nSPS) is 12.2. The van der Waals surface area contributed by atoms with Crippen LogP contribution < -0.4 is 10.2 Å². The molecule has 0 saturated carbocycles. The van der Waals surface area contributed by atoms with E-state index in [2.05, 4.69) is 82.6 Å². The highest BCUT2D eigenvalue weighted by Crippen LogP contribution is 2.27. The van der Waals surface area contributed by atoms with Gasteiger partial charge in [0.15, 0.2) is 0 Å². The smallest absolute Gasteiger partial charge is 0.0437 e. The maximum Gasteiger partial charge on any atom is 0.0437 e. The van der Waals surface area contributed by atoms with Crippen molar-refractivity contribution in [3.05, 3.63) is 64.1 Å². The van der Waals surface area contributed by atoms with Crippen LogP contribution in [0.25, 0.3) is 0 Å². The van der Waals surface area contributed by atoms with Gasteiger partial charge >= 0.3 is 0 Å². The zero-order valence-corrected chi connectivity index (χ0v) is 13.8. The second-order valence-electron chi connectivity index (χ2n) is 5.02. The van der Waals surface area contributed by atoms with Gasteiger partial charge in [-0.1, -0.05) is 52.3 Å². The molecular formula is C17H21BrN2. The lowest BCUT2D eigenvalue weighted by Crippen LogP contribution is -2.21. The van der Waals surface area contributed by atoms with E-state index in [1.165, 1.54) is 16.8 Å². The lowest BCUT2D eigenvalue weighted by Gasteiger charge is -2.25. The number of anilines is 1. The molecule has 20 heavy (non-hydrogen) atoms. The predicted molar refractivity (Wildman–Crippen MR) is 90.2 cm³/mol. The third-order valence-corrected chi connectivity index (χ3v) is 4.39. The predicted octanol–water partition coefficient (Wildman–Crippen LogP) is 4.37. The summed E-state index contributed by atoms with van der Waals surface area (Å²) in [5.41, 5.74) is 3.89. The van der Waals surface area contributed by atoms with Crippen LogP contribution in [0.5, 0.6) is 0 Å². The molecule has 2 rings (SSSR count). The molecule has 0 aromatic heterocycles. The molecule has 2 nitrogen and oxygen atoms in total. The molecular weight excluding hydrogens is 312 g/mol. The monoisotopic (exact) mass is 332 g/mol. The number of para-hydroxylation sites is 1. The highest BCUT2D eigenvalue weighted by molar-refractivity contribution is 9.10. The Balaban J connectivity index is 2.26. The van der Waals surface area contributed by atoms with Gasteiger partial charge in [-0.25, -0.2) is 0 Å². The van der Waals surface area contributed by atoms with Gasteiger partial charge in [-0.05, 0) is 37.2 Å². The third-order valence-electron chi connectivity index (χ3n) is 3.61. The van der Waals surface area contributed by atoms with E-state index in [0.29, 0.717) is 6.04 Å². The highest BCUT2D eigenvalue weighted by atomic mass is 79.9. The molecule has 1 atom stereocenters. The molecule has 0 aliphatic heterocycles. The molecule has 0 amide bonds. The second-order valence-corrected chi connectivity index (χ2v) is 5.87. The molecule has 0 saturated heterocycles. The summed E-state index contributed by atoms with van der Waals surface area (Å²) in [7, 11) is 4.13. The minimum atomic E-state index is 0.341. The van der Waals surface area contributed by atoms with Crippen molar-refractivity contribution in [1.29, 1.82) is 0 Å². The van der Waals surface area contributed by atoms with Gasteiger partial charge in [-0.3, -0.25) is 0 Å². The van der Waals surface area contributed by atoms with Crippen LogP contribution in [0.2, 0.25) is 0 Å². The number of hydrogen-bond acceptors (Lipinski definition) is 2. The number of benzene rings is 2. The first-order valence-corrected chi connectivity index (χ1v) is 7.63. The number of rotatable bonds is 5. The van der Waals surface area contributed by atoms with Crippen LogP contribution in [0.1, 0.15) is 24.1 Å². The molecule has 0 radical (unpaired) electrons. The van der Waals surface area contributed by atoms with Gasteiger partial charge in [0.25, 0.3) is 0 Å². The van der Waals surface area contributed by atoms with E-state index < -0.39 is 0 Å². The third kappa shape index (κ3) is 3.41. The Morgan fingerprint density at radius 1 is 1.10 bits per heavy atom. The molecule has 0 bridgehead atoms. The van der Waals surface area contributed by atoms with Crippen LogP contribution in [0, 0.1) is 0 Å². The summed E-state index contributed by atoms with van der Waals surface area (Å²) in [6.07, 6.45) is 0. The van der Waals surface area contributed by atoms with Crippen molar-refractivity contribution in [3.63, 3.8) is 0 Å². The average Bonchev–Trinajstić information content (AvgIpc) is 2.48. The van der Waals surface area contributed by atoms with Crippen LogP contribution in [-0.4, -0.2) is 14.1 Å². The minimum absolute atomic E-state index is 0.341. The van der Waals surface area contributed by atoms with E-state index in [9.17, 15) is 0 Å². The first kappa shape index (κ1) is 15.1. The number of hydrogen-bond donors (Lipinski definition) is 1. The lowest BCUT2D eigenvalue weighted by atomic mass is 10.0. The Morgan fingerprint density at radius 2 is 1.75 bits per heavy atom. The van der Waals surface area contributed by atoms with Crippen molar-refractivity contribution in [1.82, 2.24) is 5.32 Å². The standard InChI is InChI=1S/C17H21BrN2/c1-13(19-2)15-9-5-7-11-17(15)20(3)12-14-8-4-6-10-16(14)18/h4-11,13,19H,12H2,1-3H3.